The largest absolute Gasteiger partial charge is 0.468 e. The Bertz CT molecular complexity index is 777. The molecule has 142 valence electrons. The van der Waals surface area contributed by atoms with Gasteiger partial charge in [0.25, 0.3) is 0 Å². The summed E-state index contributed by atoms with van der Waals surface area (Å²) >= 11 is 0. The summed E-state index contributed by atoms with van der Waals surface area (Å²) < 4.78 is 10.2. The third-order valence-corrected chi connectivity index (χ3v) is 4.83. The van der Waals surface area contributed by atoms with Gasteiger partial charge in [-0.2, -0.15) is 0 Å². The minimum Gasteiger partial charge on any atom is -0.468 e. The molecule has 1 heterocycles. The van der Waals surface area contributed by atoms with E-state index in [1.165, 1.54) is 14.2 Å². The summed E-state index contributed by atoms with van der Waals surface area (Å²) in [4.78, 5) is 32.1. The average molecular weight is 369 g/mol. The maximum Gasteiger partial charge on any atom is 0.325 e. The summed E-state index contributed by atoms with van der Waals surface area (Å²) in [6, 6.07) is 17.9. The molecule has 2 aromatic carbocycles. The zero-order valence-electron chi connectivity index (χ0n) is 15.6. The lowest BCUT2D eigenvalue weighted by molar-refractivity contribution is -0.185. The van der Waals surface area contributed by atoms with Gasteiger partial charge in [-0.3, -0.25) is 14.4 Å². The number of carbonyl (C=O) groups excluding carboxylic acids is 2. The van der Waals surface area contributed by atoms with Crippen molar-refractivity contribution in [3.05, 3.63) is 66.2 Å². The molecule has 0 aromatic heterocycles. The fourth-order valence-electron chi connectivity index (χ4n) is 3.73. The van der Waals surface area contributed by atoms with Gasteiger partial charge in [-0.1, -0.05) is 48.5 Å². The molecule has 0 amide bonds. The first-order chi connectivity index (χ1) is 13.0. The van der Waals surface area contributed by atoms with Crippen molar-refractivity contribution < 1.29 is 23.9 Å². The molecule has 1 fully saturated rings. The predicted octanol–water partition coefficient (Wildman–Crippen LogP) is 3.29. The topological polar surface area (TPSA) is 65.1 Å². The van der Waals surface area contributed by atoms with Crippen molar-refractivity contribution in [3.8, 4) is 0 Å². The smallest absolute Gasteiger partial charge is 0.325 e. The summed E-state index contributed by atoms with van der Waals surface area (Å²) in [5.74, 6) is -1.28. The number of anilines is 1. The zero-order chi connectivity index (χ0) is 19.4. The van der Waals surface area contributed by atoms with Crippen LogP contribution in [0.25, 0.3) is 0 Å². The molecule has 27 heavy (non-hydrogen) atoms. The average Bonchev–Trinajstić information content (AvgIpc) is 2.72. The van der Waals surface area contributed by atoms with E-state index in [0.717, 1.165) is 11.3 Å². The van der Waals surface area contributed by atoms with E-state index >= 15 is 0 Å². The van der Waals surface area contributed by atoms with E-state index < -0.39 is 29.5 Å². The van der Waals surface area contributed by atoms with Gasteiger partial charge in [-0.05, 0) is 24.6 Å². The number of carbonyl (C=O) groups is 2. The van der Waals surface area contributed by atoms with Crippen LogP contribution < -0.4 is 5.06 Å². The van der Waals surface area contributed by atoms with Crippen molar-refractivity contribution in [2.45, 2.75) is 25.5 Å². The molecule has 0 bridgehead atoms. The number of benzene rings is 2. The molecule has 2 aromatic rings. The number of hydroxylamine groups is 1. The van der Waals surface area contributed by atoms with Crippen LogP contribution in [0.4, 0.5) is 5.69 Å². The highest BCUT2D eigenvalue weighted by Crippen LogP contribution is 2.50. The number of hydrogen-bond acceptors (Lipinski definition) is 6. The number of ether oxygens (including phenoxy) is 2. The monoisotopic (exact) mass is 369 g/mol. The molecular weight excluding hydrogens is 346 g/mol. The summed E-state index contributed by atoms with van der Waals surface area (Å²) in [5.41, 5.74) is -0.0719. The van der Waals surface area contributed by atoms with Gasteiger partial charge in [0.2, 0.25) is 0 Å². The molecule has 0 spiro atoms. The van der Waals surface area contributed by atoms with Crippen molar-refractivity contribution in [1.82, 2.24) is 0 Å². The van der Waals surface area contributed by atoms with Crippen LogP contribution in [0.15, 0.2) is 60.7 Å². The van der Waals surface area contributed by atoms with E-state index in [0.29, 0.717) is 0 Å². The van der Waals surface area contributed by atoms with Crippen LogP contribution in [0.5, 0.6) is 0 Å². The molecule has 0 saturated carbocycles. The number of nitrogens with zero attached hydrogens (tertiary/aromatic N) is 1. The molecule has 0 aliphatic carbocycles. The molecule has 0 radical (unpaired) electrons. The van der Waals surface area contributed by atoms with Gasteiger partial charge in [0.05, 0.1) is 26.0 Å². The summed E-state index contributed by atoms with van der Waals surface area (Å²) in [6.45, 7) is 1.82. The van der Waals surface area contributed by atoms with Gasteiger partial charge in [-0.15, -0.1) is 0 Å². The van der Waals surface area contributed by atoms with Gasteiger partial charge in [0.15, 0.2) is 5.41 Å². The van der Waals surface area contributed by atoms with Gasteiger partial charge in [0.1, 0.15) is 6.04 Å². The van der Waals surface area contributed by atoms with E-state index in [-0.39, 0.29) is 6.42 Å². The first kappa shape index (κ1) is 18.9. The Labute approximate surface area is 158 Å². The first-order valence-electron chi connectivity index (χ1n) is 8.77. The van der Waals surface area contributed by atoms with Crippen LogP contribution in [0, 0.1) is 5.41 Å². The van der Waals surface area contributed by atoms with Crippen molar-refractivity contribution in [3.63, 3.8) is 0 Å². The highest BCUT2D eigenvalue weighted by atomic mass is 16.7. The van der Waals surface area contributed by atoms with Crippen LogP contribution in [-0.4, -0.2) is 32.3 Å². The van der Waals surface area contributed by atoms with Crippen molar-refractivity contribution in [2.24, 2.45) is 5.41 Å². The Morgan fingerprint density at radius 3 is 2.00 bits per heavy atom. The standard InChI is InChI=1S/C21H23NO5/c1-15-14-21(19(23)25-2,20(24)26-3)18(16-10-6-4-7-11-16)22(27-15)17-12-8-5-9-13-17/h4-13,15,18H,14H2,1-3H3/t15-,18+/m0/s1. The lowest BCUT2D eigenvalue weighted by atomic mass is 9.71. The van der Waals surface area contributed by atoms with Crippen LogP contribution in [-0.2, 0) is 23.9 Å². The van der Waals surface area contributed by atoms with Gasteiger partial charge >= 0.3 is 11.9 Å². The van der Waals surface area contributed by atoms with Crippen molar-refractivity contribution >= 4 is 17.6 Å². The van der Waals surface area contributed by atoms with Crippen LogP contribution in [0.3, 0.4) is 0 Å². The van der Waals surface area contributed by atoms with E-state index in [9.17, 15) is 9.59 Å². The number of hydrogen-bond donors (Lipinski definition) is 0. The second-order valence-electron chi connectivity index (χ2n) is 6.55. The second kappa shape index (κ2) is 7.80. The van der Waals surface area contributed by atoms with Gasteiger partial charge in [-0.25, -0.2) is 5.06 Å². The Balaban J connectivity index is 2.25. The molecule has 1 aliphatic heterocycles. The number of esters is 2. The second-order valence-corrected chi connectivity index (χ2v) is 6.55. The van der Waals surface area contributed by atoms with E-state index in [4.69, 9.17) is 14.3 Å². The minimum atomic E-state index is -1.56. The maximum absolute atomic E-state index is 13.0. The normalized spacial score (nSPS) is 21.4. The van der Waals surface area contributed by atoms with E-state index in [2.05, 4.69) is 0 Å². The molecule has 6 heteroatoms. The fourth-order valence-corrected chi connectivity index (χ4v) is 3.73. The highest BCUT2D eigenvalue weighted by molar-refractivity contribution is 6.02. The third-order valence-electron chi connectivity index (χ3n) is 4.83. The summed E-state index contributed by atoms with van der Waals surface area (Å²) in [7, 11) is 2.56. The van der Waals surface area contributed by atoms with Crippen LogP contribution in [0.2, 0.25) is 0 Å². The molecule has 1 aliphatic rings. The zero-order valence-corrected chi connectivity index (χ0v) is 15.6. The van der Waals surface area contributed by atoms with Gasteiger partial charge in [0, 0.05) is 6.42 Å². The lowest BCUT2D eigenvalue weighted by Gasteiger charge is -2.48. The molecule has 6 nitrogen and oxygen atoms in total. The van der Waals surface area contributed by atoms with E-state index in [1.807, 2.05) is 67.6 Å². The van der Waals surface area contributed by atoms with Crippen molar-refractivity contribution in [2.75, 3.05) is 19.3 Å². The number of para-hydroxylation sites is 1. The summed E-state index contributed by atoms with van der Waals surface area (Å²) in [5, 5.41) is 1.62. The van der Waals surface area contributed by atoms with Crippen LogP contribution >= 0.6 is 0 Å². The fraction of sp³-hybridized carbons (Fsp3) is 0.333. The molecule has 3 rings (SSSR count). The SMILES string of the molecule is COC(=O)C1(C(=O)OC)C[C@H](C)ON(c2ccccc2)[C@@H]1c1ccccc1. The molecule has 0 N–H and O–H groups in total. The third kappa shape index (κ3) is 3.28. The van der Waals surface area contributed by atoms with Gasteiger partial charge < -0.3 is 9.47 Å². The molecule has 1 saturated heterocycles. The quantitative estimate of drug-likeness (QED) is 0.609. The Morgan fingerprint density at radius 1 is 0.963 bits per heavy atom. The first-order valence-corrected chi connectivity index (χ1v) is 8.77. The molecule has 2 atom stereocenters. The lowest BCUT2D eigenvalue weighted by Crippen LogP contribution is -2.58. The maximum atomic E-state index is 13.0. The minimum absolute atomic E-state index is 0.148. The highest BCUT2D eigenvalue weighted by Gasteiger charge is 2.61. The Hall–Kier alpha value is -2.86. The molecular formula is C21H23NO5. The molecule has 0 unspecified atom stereocenters. The van der Waals surface area contributed by atoms with E-state index in [1.54, 1.807) is 5.06 Å². The number of methoxy groups -OCH3 is 2. The summed E-state index contributed by atoms with van der Waals surface area (Å²) in [6.07, 6.45) is -0.252. The Kier molecular flexibility index (Phi) is 5.46. The van der Waals surface area contributed by atoms with Crippen LogP contribution in [0.1, 0.15) is 24.9 Å². The Morgan fingerprint density at radius 2 is 1.48 bits per heavy atom. The number of rotatable bonds is 4. The van der Waals surface area contributed by atoms with Crippen molar-refractivity contribution in [1.29, 1.82) is 0 Å². The predicted molar refractivity (Wildman–Crippen MR) is 99.7 cm³/mol.